The molecule has 0 radical (unpaired) electrons. The van der Waals surface area contributed by atoms with Crippen LogP contribution in [0.5, 0.6) is 0 Å². The van der Waals surface area contributed by atoms with E-state index in [1.54, 1.807) is 0 Å². The number of hydrogen-bond donors (Lipinski definition) is 5. The highest BCUT2D eigenvalue weighted by atomic mass is 32.2. The molecule has 1 amide bonds. The van der Waals surface area contributed by atoms with E-state index in [9.17, 15) is 24.2 Å². The number of benzene rings is 1. The Kier molecular flexibility index (Phi) is 9.90. The molecular weight excluding hydrogens is 377 g/mol. The molecular formula is C16H26N3O5PS. The lowest BCUT2D eigenvalue weighted by Gasteiger charge is -2.27. The summed E-state index contributed by atoms with van der Waals surface area (Å²) in [5.74, 6) is -0.796. The highest BCUT2D eigenvalue weighted by Crippen LogP contribution is 2.34. The van der Waals surface area contributed by atoms with E-state index in [0.29, 0.717) is 18.6 Å². The molecule has 0 bridgehead atoms. The van der Waals surface area contributed by atoms with Gasteiger partial charge in [-0.05, 0) is 24.0 Å². The first-order chi connectivity index (χ1) is 12.2. The van der Waals surface area contributed by atoms with Gasteiger partial charge in [-0.15, -0.1) is 0 Å². The fourth-order valence-electron chi connectivity index (χ4n) is 2.26. The molecule has 3 unspecified atom stereocenters. The van der Waals surface area contributed by atoms with Crippen molar-refractivity contribution < 1.29 is 24.2 Å². The lowest BCUT2D eigenvalue weighted by molar-refractivity contribution is -0.139. The van der Waals surface area contributed by atoms with Crippen molar-refractivity contribution in [1.29, 1.82) is 0 Å². The summed E-state index contributed by atoms with van der Waals surface area (Å²) in [4.78, 5) is 32.5. The Labute approximate surface area is 157 Å². The van der Waals surface area contributed by atoms with E-state index in [1.165, 1.54) is 18.7 Å². The van der Waals surface area contributed by atoms with E-state index in [2.05, 4.69) is 15.7 Å². The largest absolute Gasteiger partial charge is 0.480 e. The predicted molar refractivity (Wildman–Crippen MR) is 103 cm³/mol. The van der Waals surface area contributed by atoms with Crippen molar-refractivity contribution in [2.24, 2.45) is 0 Å². The first-order valence-electron chi connectivity index (χ1n) is 8.09. The number of nitrogens with one attached hydrogen (secondary N) is 3. The van der Waals surface area contributed by atoms with Crippen LogP contribution in [0, 0.1) is 0 Å². The molecule has 0 aliphatic rings. The van der Waals surface area contributed by atoms with Crippen molar-refractivity contribution in [3.63, 3.8) is 0 Å². The van der Waals surface area contributed by atoms with Gasteiger partial charge in [0.1, 0.15) is 12.3 Å². The van der Waals surface area contributed by atoms with Gasteiger partial charge in [0.15, 0.2) is 0 Å². The Morgan fingerprint density at radius 2 is 1.92 bits per heavy atom. The van der Waals surface area contributed by atoms with Crippen LogP contribution in [0.15, 0.2) is 30.3 Å². The van der Waals surface area contributed by atoms with Crippen molar-refractivity contribution in [1.82, 2.24) is 15.7 Å². The maximum absolute atomic E-state index is 12.3. The normalized spacial score (nSPS) is 15.7. The van der Waals surface area contributed by atoms with Gasteiger partial charge in [-0.2, -0.15) is 11.8 Å². The number of carboxylic acids is 1. The van der Waals surface area contributed by atoms with Gasteiger partial charge in [0, 0.05) is 13.3 Å². The highest BCUT2D eigenvalue weighted by Gasteiger charge is 2.27. The summed E-state index contributed by atoms with van der Waals surface area (Å²) in [6, 6.07) is 8.37. The standard InChI is InChI=1S/C16H26N3O5PS/c1-12(20)17-11-25(23,24)19-15(10-13-6-4-3-5-7-13)18-14(16(21)22)8-9-26-2/h3-7,14-15,18H,8-11H2,1-2H3,(H,17,20)(H,21,22)(H2,19,23,24). The Bertz CT molecular complexity index is 632. The Morgan fingerprint density at radius 1 is 1.27 bits per heavy atom. The van der Waals surface area contributed by atoms with E-state index in [0.717, 1.165) is 5.56 Å². The predicted octanol–water partition coefficient (Wildman–Crippen LogP) is 1.22. The van der Waals surface area contributed by atoms with E-state index < -0.39 is 37.9 Å². The smallest absolute Gasteiger partial charge is 0.320 e. The number of aliphatic carboxylic acids is 1. The van der Waals surface area contributed by atoms with Crippen molar-refractivity contribution in [3.8, 4) is 0 Å². The van der Waals surface area contributed by atoms with Crippen molar-refractivity contribution >= 4 is 31.2 Å². The van der Waals surface area contributed by atoms with Crippen LogP contribution in [-0.2, 0) is 20.6 Å². The second-order valence-corrected chi connectivity index (χ2v) is 8.77. The minimum absolute atomic E-state index is 0.314. The van der Waals surface area contributed by atoms with E-state index in [1.807, 2.05) is 36.6 Å². The van der Waals surface area contributed by atoms with Crippen LogP contribution in [0.4, 0.5) is 0 Å². The number of rotatable bonds is 12. The summed E-state index contributed by atoms with van der Waals surface area (Å²) in [6.07, 6.45) is 1.40. The van der Waals surface area contributed by atoms with Crippen molar-refractivity contribution in [2.45, 2.75) is 32.0 Å². The number of amides is 1. The van der Waals surface area contributed by atoms with Gasteiger partial charge in [0.2, 0.25) is 5.91 Å². The van der Waals surface area contributed by atoms with Crippen LogP contribution < -0.4 is 15.7 Å². The molecule has 1 aromatic rings. The molecule has 0 saturated heterocycles. The summed E-state index contributed by atoms with van der Waals surface area (Å²) in [6.45, 7) is 1.25. The molecule has 1 rings (SSSR count). The van der Waals surface area contributed by atoms with E-state index in [4.69, 9.17) is 0 Å². The van der Waals surface area contributed by atoms with Crippen LogP contribution in [0.1, 0.15) is 18.9 Å². The maximum atomic E-state index is 12.3. The van der Waals surface area contributed by atoms with Crippen LogP contribution in [0.25, 0.3) is 0 Å². The molecule has 0 heterocycles. The zero-order valence-corrected chi connectivity index (χ0v) is 16.6. The zero-order valence-electron chi connectivity index (χ0n) is 14.8. The number of carboxylic acid groups (broad SMARTS) is 1. The fourth-order valence-corrected chi connectivity index (χ4v) is 3.91. The lowest BCUT2D eigenvalue weighted by atomic mass is 10.1. The van der Waals surface area contributed by atoms with Crippen molar-refractivity contribution in [2.75, 3.05) is 18.3 Å². The van der Waals surface area contributed by atoms with Gasteiger partial charge in [0.25, 0.3) is 7.52 Å². The van der Waals surface area contributed by atoms with Gasteiger partial charge in [-0.1, -0.05) is 30.3 Å². The molecule has 5 N–H and O–H groups in total. The fraction of sp³-hybridized carbons (Fsp3) is 0.500. The molecule has 146 valence electrons. The second kappa shape index (κ2) is 11.4. The molecule has 26 heavy (non-hydrogen) atoms. The molecule has 8 nitrogen and oxygen atoms in total. The molecule has 0 saturated carbocycles. The molecule has 1 aromatic carbocycles. The Balaban J connectivity index is 2.88. The number of carbonyl (C=O) groups excluding carboxylic acids is 1. The summed E-state index contributed by atoms with van der Waals surface area (Å²) >= 11 is 1.53. The van der Waals surface area contributed by atoms with Gasteiger partial charge in [0.05, 0.1) is 6.17 Å². The quantitative estimate of drug-likeness (QED) is 0.260. The monoisotopic (exact) mass is 403 g/mol. The van der Waals surface area contributed by atoms with Crippen LogP contribution >= 0.6 is 19.3 Å². The molecule has 0 spiro atoms. The summed E-state index contributed by atoms with van der Waals surface area (Å²) < 4.78 is 12.3. The lowest BCUT2D eigenvalue weighted by Crippen LogP contribution is -2.51. The van der Waals surface area contributed by atoms with Crippen LogP contribution in [0.2, 0.25) is 0 Å². The minimum Gasteiger partial charge on any atom is -0.480 e. The Morgan fingerprint density at radius 3 is 2.46 bits per heavy atom. The van der Waals surface area contributed by atoms with Crippen LogP contribution in [-0.4, -0.2) is 52.4 Å². The third kappa shape index (κ3) is 9.35. The number of thioether (sulfide) groups is 1. The minimum atomic E-state index is -3.89. The first-order valence-corrected chi connectivity index (χ1v) is 11.3. The molecule has 10 heteroatoms. The third-order valence-electron chi connectivity index (χ3n) is 3.49. The van der Waals surface area contributed by atoms with Gasteiger partial charge in [-0.25, -0.2) is 5.09 Å². The molecule has 0 aromatic heterocycles. The van der Waals surface area contributed by atoms with Crippen LogP contribution in [0.3, 0.4) is 0 Å². The molecule has 0 aliphatic heterocycles. The summed E-state index contributed by atoms with van der Waals surface area (Å²) in [5.41, 5.74) is 0.881. The topological polar surface area (TPSA) is 128 Å². The maximum Gasteiger partial charge on any atom is 0.320 e. The van der Waals surface area contributed by atoms with E-state index >= 15 is 0 Å². The van der Waals surface area contributed by atoms with E-state index in [-0.39, 0.29) is 0 Å². The first kappa shape index (κ1) is 22.7. The van der Waals surface area contributed by atoms with Gasteiger partial charge < -0.3 is 15.3 Å². The SMILES string of the molecule is CSCCC(NC(Cc1ccccc1)NP(=O)(O)CNC(C)=O)C(=O)O. The number of carbonyl (C=O) groups is 2. The zero-order chi connectivity index (χ0) is 19.6. The Hall–Kier alpha value is -1.38. The average molecular weight is 403 g/mol. The highest BCUT2D eigenvalue weighted by molar-refractivity contribution is 7.98. The molecule has 0 fully saturated rings. The van der Waals surface area contributed by atoms with Gasteiger partial charge in [-0.3, -0.25) is 19.5 Å². The average Bonchev–Trinajstić information content (AvgIpc) is 2.57. The van der Waals surface area contributed by atoms with Gasteiger partial charge >= 0.3 is 5.97 Å². The second-order valence-electron chi connectivity index (χ2n) is 5.80. The molecule has 3 atom stereocenters. The summed E-state index contributed by atoms with van der Waals surface area (Å²) in [5, 5.41) is 17.2. The number of hydrogen-bond acceptors (Lipinski definition) is 5. The van der Waals surface area contributed by atoms with Crippen molar-refractivity contribution in [3.05, 3.63) is 35.9 Å². The summed E-state index contributed by atoms with van der Waals surface area (Å²) in [7, 11) is -3.89. The third-order valence-corrected chi connectivity index (χ3v) is 5.44. The molecule has 0 aliphatic carbocycles.